The van der Waals surface area contributed by atoms with Crippen molar-refractivity contribution in [3.05, 3.63) is 150 Å². The third-order valence-corrected chi connectivity index (χ3v) is 9.92. The molecule has 1 aliphatic rings. The van der Waals surface area contributed by atoms with Crippen molar-refractivity contribution in [1.29, 1.82) is 0 Å². The van der Waals surface area contributed by atoms with E-state index in [0.717, 1.165) is 44.4 Å². The number of hydrogen-bond donors (Lipinski definition) is 0. The van der Waals surface area contributed by atoms with Gasteiger partial charge in [0.15, 0.2) is 6.20 Å². The van der Waals surface area contributed by atoms with Gasteiger partial charge in [0.2, 0.25) is 11.7 Å². The van der Waals surface area contributed by atoms with Crippen LogP contribution in [0.4, 0.5) is 0 Å². The first-order valence-electron chi connectivity index (χ1n) is 16.7. The Bertz CT molecular complexity index is 2420. The molecule has 4 nitrogen and oxygen atoms in total. The Kier molecular flexibility index (Phi) is 6.23. The minimum Gasteiger partial charge on any atom is -0.455 e. The van der Waals surface area contributed by atoms with Gasteiger partial charge in [0.1, 0.15) is 17.0 Å². The molecule has 0 fully saturated rings. The van der Waals surface area contributed by atoms with Gasteiger partial charge >= 0.3 is 0 Å². The van der Waals surface area contributed by atoms with Crippen LogP contribution < -0.4 is 4.57 Å². The van der Waals surface area contributed by atoms with Crippen molar-refractivity contribution >= 4 is 33.0 Å². The number of furan rings is 1. The van der Waals surface area contributed by atoms with Crippen molar-refractivity contribution in [2.75, 3.05) is 0 Å². The van der Waals surface area contributed by atoms with Gasteiger partial charge in [0.05, 0.1) is 27.8 Å². The summed E-state index contributed by atoms with van der Waals surface area (Å²) in [6.07, 6.45) is 2.21. The van der Waals surface area contributed by atoms with Crippen LogP contribution in [0.3, 0.4) is 0 Å². The molecule has 5 aromatic carbocycles. The molecule has 4 heterocycles. The van der Waals surface area contributed by atoms with Crippen molar-refractivity contribution < 1.29 is 8.98 Å². The Morgan fingerprint density at radius 2 is 1.38 bits per heavy atom. The SMILES string of the molecule is CC(C)c1cccc(C(C)C)c1-n1c(-c2c(C3c4ccccc4-c4cccc[n+]43)ccc3c2oc2ccccc23)nc2ccccc21. The molecule has 0 saturated heterocycles. The van der Waals surface area contributed by atoms with Crippen molar-refractivity contribution in [2.45, 2.75) is 45.6 Å². The molecule has 1 atom stereocenters. The van der Waals surface area contributed by atoms with E-state index in [1.165, 1.54) is 39.2 Å². The van der Waals surface area contributed by atoms with Gasteiger partial charge in [0, 0.05) is 34.0 Å². The second-order valence-corrected chi connectivity index (χ2v) is 13.3. The molecule has 0 N–H and O–H groups in total. The summed E-state index contributed by atoms with van der Waals surface area (Å²) < 4.78 is 11.7. The second-order valence-electron chi connectivity index (χ2n) is 13.3. The van der Waals surface area contributed by atoms with Crippen LogP contribution in [-0.4, -0.2) is 9.55 Å². The Hall–Kier alpha value is -5.48. The molecule has 0 aliphatic carbocycles. The Balaban J connectivity index is 1.47. The van der Waals surface area contributed by atoms with Crippen LogP contribution in [0, 0.1) is 0 Å². The highest BCUT2D eigenvalue weighted by atomic mass is 16.3. The fourth-order valence-corrected chi connectivity index (χ4v) is 7.80. The van der Waals surface area contributed by atoms with Gasteiger partial charge < -0.3 is 4.42 Å². The fraction of sp³-hybridized carbons (Fsp3) is 0.163. The summed E-state index contributed by atoms with van der Waals surface area (Å²) in [5, 5.41) is 2.21. The lowest BCUT2D eigenvalue weighted by molar-refractivity contribution is -0.688. The molecular formula is C43H36N3O+. The monoisotopic (exact) mass is 610 g/mol. The molecule has 4 heteroatoms. The summed E-state index contributed by atoms with van der Waals surface area (Å²) in [4.78, 5) is 5.52. The summed E-state index contributed by atoms with van der Waals surface area (Å²) in [7, 11) is 0. The average molecular weight is 611 g/mol. The Morgan fingerprint density at radius 3 is 2.21 bits per heavy atom. The van der Waals surface area contributed by atoms with E-state index in [-0.39, 0.29) is 6.04 Å². The summed E-state index contributed by atoms with van der Waals surface area (Å²) in [5.74, 6) is 1.55. The molecule has 0 saturated carbocycles. The van der Waals surface area contributed by atoms with Crippen molar-refractivity contribution in [2.24, 2.45) is 0 Å². The molecule has 0 radical (unpaired) electrons. The van der Waals surface area contributed by atoms with E-state index in [4.69, 9.17) is 9.40 Å². The molecule has 8 aromatic rings. The maximum atomic E-state index is 6.89. The third kappa shape index (κ3) is 4.07. The standard InChI is InChI=1S/C43H36N3O/c1-26(2)28-17-13-18-29(27(3)4)41(28)46-37-21-9-8-19-35(37)44-43(46)39-34(24-23-33-31-15-7-10-22-38(31)47-42(33)39)40-32-16-6-5-14-30(32)36-20-11-12-25-45(36)40/h5-27,40H,1-4H3/q+1. The van der Waals surface area contributed by atoms with E-state index in [1.54, 1.807) is 0 Å². The number of imidazole rings is 1. The van der Waals surface area contributed by atoms with Crippen LogP contribution in [0.15, 0.2) is 132 Å². The quantitative estimate of drug-likeness (QED) is 0.182. The third-order valence-electron chi connectivity index (χ3n) is 9.92. The Morgan fingerprint density at radius 1 is 0.660 bits per heavy atom. The highest BCUT2D eigenvalue weighted by molar-refractivity contribution is 6.10. The van der Waals surface area contributed by atoms with Gasteiger partial charge in [-0.2, -0.15) is 4.57 Å². The lowest BCUT2D eigenvalue weighted by Crippen LogP contribution is -2.38. The van der Waals surface area contributed by atoms with E-state index in [1.807, 2.05) is 6.07 Å². The lowest BCUT2D eigenvalue weighted by atomic mass is 9.90. The van der Waals surface area contributed by atoms with Gasteiger partial charge in [-0.1, -0.05) is 100 Å². The van der Waals surface area contributed by atoms with E-state index in [0.29, 0.717) is 11.8 Å². The molecule has 0 bridgehead atoms. The van der Waals surface area contributed by atoms with E-state index >= 15 is 0 Å². The molecule has 1 aliphatic heterocycles. The maximum absolute atomic E-state index is 6.89. The van der Waals surface area contributed by atoms with Crippen molar-refractivity contribution in [1.82, 2.24) is 9.55 Å². The van der Waals surface area contributed by atoms with E-state index in [9.17, 15) is 0 Å². The zero-order valence-corrected chi connectivity index (χ0v) is 27.1. The van der Waals surface area contributed by atoms with Gasteiger partial charge in [0.25, 0.3) is 0 Å². The smallest absolute Gasteiger partial charge is 0.213 e. The molecule has 1 unspecified atom stereocenters. The predicted molar refractivity (Wildman–Crippen MR) is 191 cm³/mol. The van der Waals surface area contributed by atoms with E-state index in [2.05, 4.69) is 158 Å². The molecule has 228 valence electrons. The molecular weight excluding hydrogens is 574 g/mol. The van der Waals surface area contributed by atoms with Gasteiger partial charge in [-0.05, 0) is 59.4 Å². The summed E-state index contributed by atoms with van der Waals surface area (Å²) >= 11 is 0. The topological polar surface area (TPSA) is 34.8 Å². The minimum atomic E-state index is -0.0480. The first kappa shape index (κ1) is 27.8. The summed E-state index contributed by atoms with van der Waals surface area (Å²) in [5.41, 5.74) is 13.6. The average Bonchev–Trinajstić information content (AvgIpc) is 3.77. The van der Waals surface area contributed by atoms with Crippen LogP contribution >= 0.6 is 0 Å². The van der Waals surface area contributed by atoms with Crippen LogP contribution in [0.25, 0.3) is 61.3 Å². The highest BCUT2D eigenvalue weighted by Crippen LogP contribution is 2.47. The zero-order valence-electron chi connectivity index (χ0n) is 27.1. The second kappa shape index (κ2) is 10.5. The lowest BCUT2D eigenvalue weighted by Gasteiger charge is -2.23. The molecule has 3 aromatic heterocycles. The first-order valence-corrected chi connectivity index (χ1v) is 16.7. The maximum Gasteiger partial charge on any atom is 0.213 e. The van der Waals surface area contributed by atoms with E-state index < -0.39 is 0 Å². The zero-order chi connectivity index (χ0) is 31.8. The fourth-order valence-electron chi connectivity index (χ4n) is 7.80. The number of fused-ring (bicyclic) bond motifs is 7. The van der Waals surface area contributed by atoms with Crippen molar-refractivity contribution in [3.8, 4) is 28.3 Å². The molecule has 47 heavy (non-hydrogen) atoms. The van der Waals surface area contributed by atoms with Gasteiger partial charge in [-0.15, -0.1) is 0 Å². The molecule has 0 spiro atoms. The number of rotatable bonds is 5. The normalized spacial score (nSPS) is 14.1. The van der Waals surface area contributed by atoms with Crippen LogP contribution in [0.1, 0.15) is 67.8 Å². The summed E-state index contributed by atoms with van der Waals surface area (Å²) in [6, 6.07) is 43.5. The highest BCUT2D eigenvalue weighted by Gasteiger charge is 2.40. The van der Waals surface area contributed by atoms with Crippen molar-refractivity contribution in [3.63, 3.8) is 0 Å². The first-order chi connectivity index (χ1) is 23.0. The number of aromatic nitrogens is 3. The van der Waals surface area contributed by atoms with Gasteiger partial charge in [-0.3, -0.25) is 4.57 Å². The van der Waals surface area contributed by atoms with Crippen LogP contribution in [-0.2, 0) is 0 Å². The summed E-state index contributed by atoms with van der Waals surface area (Å²) in [6.45, 7) is 9.15. The largest absolute Gasteiger partial charge is 0.455 e. The number of benzene rings is 5. The predicted octanol–water partition coefficient (Wildman–Crippen LogP) is 10.7. The minimum absolute atomic E-state index is 0.0480. The molecule has 0 amide bonds. The van der Waals surface area contributed by atoms with Gasteiger partial charge in [-0.25, -0.2) is 4.98 Å². The number of para-hydroxylation sites is 4. The Labute approximate surface area is 274 Å². The number of nitrogens with zero attached hydrogens (tertiary/aromatic N) is 3. The van der Waals surface area contributed by atoms with Crippen LogP contribution in [0.5, 0.6) is 0 Å². The van der Waals surface area contributed by atoms with Crippen LogP contribution in [0.2, 0.25) is 0 Å². The molecule has 9 rings (SSSR count). The number of pyridine rings is 1. The number of hydrogen-bond acceptors (Lipinski definition) is 2.